The first kappa shape index (κ1) is 18.7. The molecule has 0 saturated heterocycles. The van der Waals surface area contributed by atoms with Crippen molar-refractivity contribution in [1.82, 2.24) is 20.1 Å². The fourth-order valence-corrected chi connectivity index (χ4v) is 2.34. The minimum Gasteiger partial charge on any atom is -0.360 e. The van der Waals surface area contributed by atoms with Crippen molar-refractivity contribution in [3.63, 3.8) is 0 Å². The largest absolute Gasteiger partial charge is 0.360 e. The lowest BCUT2D eigenvalue weighted by atomic mass is 10.1. The molecular weight excluding hydrogens is 344 g/mol. The lowest BCUT2D eigenvalue weighted by Gasteiger charge is -2.14. The van der Waals surface area contributed by atoms with Crippen molar-refractivity contribution in [2.45, 2.75) is 33.7 Å². The molecule has 2 aromatic heterocycles. The Labute approximate surface area is 146 Å². The first-order valence-electron chi connectivity index (χ1n) is 7.47. The summed E-state index contributed by atoms with van der Waals surface area (Å²) in [5.74, 6) is 2.70. The third kappa shape index (κ3) is 4.94. The Morgan fingerprint density at radius 2 is 1.84 bits per heavy atom. The molecule has 3 N–H and O–H groups in total. The summed E-state index contributed by atoms with van der Waals surface area (Å²) in [6.07, 6.45) is 0. The predicted molar refractivity (Wildman–Crippen MR) is 94.6 cm³/mol. The average Bonchev–Trinajstić information content (AvgIpc) is 2.93. The van der Waals surface area contributed by atoms with Crippen molar-refractivity contribution in [3.8, 4) is 0 Å². The molecule has 9 nitrogen and oxygen atoms in total. The molecule has 0 spiro atoms. The molecule has 134 valence electrons. The highest BCUT2D eigenvalue weighted by Gasteiger charge is 2.15. The van der Waals surface area contributed by atoms with Crippen LogP contribution in [0.3, 0.4) is 0 Å². The number of nitrogens with one attached hydrogen (secondary N) is 1. The molecule has 0 fully saturated rings. The van der Waals surface area contributed by atoms with Gasteiger partial charge in [0.1, 0.15) is 11.6 Å². The minimum absolute atomic E-state index is 0.0976. The first-order valence-corrected chi connectivity index (χ1v) is 8.72. The van der Waals surface area contributed by atoms with Crippen LogP contribution < -0.4 is 10.5 Å². The van der Waals surface area contributed by atoms with Crippen molar-refractivity contribution in [2.75, 3.05) is 5.32 Å². The van der Waals surface area contributed by atoms with Crippen LogP contribution in [0.5, 0.6) is 0 Å². The van der Waals surface area contributed by atoms with E-state index in [-0.39, 0.29) is 6.04 Å². The highest BCUT2D eigenvalue weighted by Crippen LogP contribution is 2.26. The van der Waals surface area contributed by atoms with Gasteiger partial charge < -0.3 is 9.84 Å². The van der Waals surface area contributed by atoms with Crippen LogP contribution in [0.1, 0.15) is 36.1 Å². The number of anilines is 1. The molecule has 0 aliphatic carbocycles. The second-order valence-electron chi connectivity index (χ2n) is 5.41. The lowest BCUT2D eigenvalue weighted by Crippen LogP contribution is -2.11. The van der Waals surface area contributed by atoms with Gasteiger partial charge in [-0.15, -0.1) is 0 Å². The summed E-state index contributed by atoms with van der Waals surface area (Å²) < 4.78 is 22.7. The van der Waals surface area contributed by atoms with Crippen LogP contribution in [0.25, 0.3) is 10.9 Å². The SMILES string of the molecule is Cc1nc(NC(C)c2noc(C)n2)c2c(C)cccc2n1.N[SH](=O)=O. The molecule has 1 aromatic carbocycles. The molecule has 0 aliphatic rings. The Morgan fingerprint density at radius 1 is 1.16 bits per heavy atom. The van der Waals surface area contributed by atoms with Crippen LogP contribution in [0, 0.1) is 20.8 Å². The van der Waals surface area contributed by atoms with E-state index in [2.05, 4.69) is 43.6 Å². The standard InChI is InChI=1S/C15H17N5O.H3NO2S/c1-8-6-5-7-12-13(8)15(18-10(3)17-12)16-9(2)14-19-11(4)21-20-14;1-4(2)3/h5-7,9H,1-4H3,(H,16,17,18);4H,(H2,1,2,3). The Hall–Kier alpha value is -2.59. The summed E-state index contributed by atoms with van der Waals surface area (Å²) in [7, 11) is -2.62. The highest BCUT2D eigenvalue weighted by molar-refractivity contribution is 7.69. The van der Waals surface area contributed by atoms with Crippen LogP contribution in [-0.2, 0) is 10.9 Å². The zero-order chi connectivity index (χ0) is 18.6. The zero-order valence-corrected chi connectivity index (χ0v) is 15.2. The van der Waals surface area contributed by atoms with Gasteiger partial charge in [0.25, 0.3) is 0 Å². The van der Waals surface area contributed by atoms with Gasteiger partial charge in [0.05, 0.1) is 11.6 Å². The topological polar surface area (TPSA) is 137 Å². The minimum atomic E-state index is -2.62. The van der Waals surface area contributed by atoms with E-state index in [9.17, 15) is 0 Å². The quantitative estimate of drug-likeness (QED) is 0.596. The lowest BCUT2D eigenvalue weighted by molar-refractivity contribution is 0.385. The number of nitrogens with two attached hydrogens (primary N) is 1. The second kappa shape index (κ2) is 7.99. The molecule has 3 aromatic rings. The van der Waals surface area contributed by atoms with Gasteiger partial charge in [0.15, 0.2) is 16.7 Å². The maximum Gasteiger partial charge on any atom is 0.223 e. The normalized spacial score (nSPS) is 11.9. The summed E-state index contributed by atoms with van der Waals surface area (Å²) in [5, 5.41) is 12.4. The van der Waals surface area contributed by atoms with E-state index < -0.39 is 10.9 Å². The van der Waals surface area contributed by atoms with Crippen molar-refractivity contribution < 1.29 is 12.9 Å². The van der Waals surface area contributed by atoms with Gasteiger partial charge in [-0.2, -0.15) is 4.98 Å². The number of fused-ring (bicyclic) bond motifs is 1. The van der Waals surface area contributed by atoms with E-state index >= 15 is 0 Å². The second-order valence-corrected chi connectivity index (χ2v) is 5.98. The Kier molecular flexibility index (Phi) is 5.99. The van der Waals surface area contributed by atoms with E-state index in [4.69, 9.17) is 12.9 Å². The van der Waals surface area contributed by atoms with Crippen molar-refractivity contribution in [3.05, 3.63) is 41.3 Å². The van der Waals surface area contributed by atoms with Gasteiger partial charge in [0, 0.05) is 12.3 Å². The Balaban J connectivity index is 0.000000511. The number of hydrogen-bond acceptors (Lipinski definition) is 8. The number of benzene rings is 1. The van der Waals surface area contributed by atoms with Crippen molar-refractivity contribution >= 4 is 27.6 Å². The van der Waals surface area contributed by atoms with Crippen LogP contribution in [0.2, 0.25) is 0 Å². The van der Waals surface area contributed by atoms with Crippen LogP contribution in [0.4, 0.5) is 5.82 Å². The van der Waals surface area contributed by atoms with E-state index in [1.54, 1.807) is 6.92 Å². The molecule has 0 radical (unpaired) electrons. The van der Waals surface area contributed by atoms with Crippen molar-refractivity contribution in [1.29, 1.82) is 0 Å². The number of rotatable bonds is 3. The summed E-state index contributed by atoms with van der Waals surface area (Å²) >= 11 is 0. The monoisotopic (exact) mass is 364 g/mol. The molecule has 0 aliphatic heterocycles. The predicted octanol–water partition coefficient (Wildman–Crippen LogP) is 1.58. The summed E-state index contributed by atoms with van der Waals surface area (Å²) in [6.45, 7) is 7.69. The third-order valence-electron chi connectivity index (χ3n) is 3.33. The van der Waals surface area contributed by atoms with E-state index in [0.29, 0.717) is 11.7 Å². The molecule has 2 heterocycles. The van der Waals surface area contributed by atoms with Crippen molar-refractivity contribution in [2.24, 2.45) is 5.14 Å². The number of nitrogens with zero attached hydrogens (tertiary/aromatic N) is 4. The summed E-state index contributed by atoms with van der Waals surface area (Å²) in [6, 6.07) is 5.94. The number of aryl methyl sites for hydroxylation is 3. The molecule has 0 saturated carbocycles. The summed E-state index contributed by atoms with van der Waals surface area (Å²) in [5.41, 5.74) is 2.06. The molecule has 0 bridgehead atoms. The third-order valence-corrected chi connectivity index (χ3v) is 3.33. The molecule has 1 unspecified atom stereocenters. The van der Waals surface area contributed by atoms with Gasteiger partial charge in [-0.3, -0.25) is 0 Å². The van der Waals surface area contributed by atoms with E-state index in [1.165, 1.54) is 0 Å². The van der Waals surface area contributed by atoms with Gasteiger partial charge in [0.2, 0.25) is 5.89 Å². The van der Waals surface area contributed by atoms with Gasteiger partial charge >= 0.3 is 0 Å². The Morgan fingerprint density at radius 3 is 2.44 bits per heavy atom. The average molecular weight is 364 g/mol. The molecule has 10 heteroatoms. The highest BCUT2D eigenvalue weighted by atomic mass is 32.2. The molecule has 1 atom stereocenters. The van der Waals surface area contributed by atoms with Crippen LogP contribution in [-0.4, -0.2) is 28.5 Å². The molecule has 0 amide bonds. The molecular formula is C15H20N6O3S. The van der Waals surface area contributed by atoms with Crippen LogP contribution in [0.15, 0.2) is 22.7 Å². The molecule has 25 heavy (non-hydrogen) atoms. The van der Waals surface area contributed by atoms with Gasteiger partial charge in [-0.05, 0) is 32.4 Å². The first-order chi connectivity index (χ1) is 11.8. The van der Waals surface area contributed by atoms with Gasteiger partial charge in [-0.1, -0.05) is 17.3 Å². The maximum absolute atomic E-state index is 8.81. The zero-order valence-electron chi connectivity index (χ0n) is 14.3. The molecule has 3 rings (SSSR count). The van der Waals surface area contributed by atoms with Crippen LogP contribution >= 0.6 is 0 Å². The maximum atomic E-state index is 8.81. The Bertz CT molecular complexity index is 946. The fourth-order valence-electron chi connectivity index (χ4n) is 2.34. The number of hydrogen-bond donors (Lipinski definition) is 3. The smallest absolute Gasteiger partial charge is 0.223 e. The van der Waals surface area contributed by atoms with E-state index in [1.807, 2.05) is 26.0 Å². The fraction of sp³-hybridized carbons (Fsp3) is 0.333. The number of thiol groups is 1. The van der Waals surface area contributed by atoms with E-state index in [0.717, 1.165) is 28.1 Å². The summed E-state index contributed by atoms with van der Waals surface area (Å²) in [4.78, 5) is 13.3. The van der Waals surface area contributed by atoms with Gasteiger partial charge in [-0.25, -0.2) is 23.5 Å². The number of aromatic nitrogens is 4.